The van der Waals surface area contributed by atoms with Crippen LogP contribution < -0.4 is 10.5 Å². The summed E-state index contributed by atoms with van der Waals surface area (Å²) in [6, 6.07) is 8.95. The van der Waals surface area contributed by atoms with Gasteiger partial charge >= 0.3 is 0 Å². The zero-order valence-corrected chi connectivity index (χ0v) is 24.6. The largest absolute Gasteiger partial charge is 0.507 e. The average molecular weight is 482 g/mol. The smallest absolute Gasteiger partial charge is 0.126 e. The highest BCUT2D eigenvalue weighted by Crippen LogP contribution is 2.41. The highest BCUT2D eigenvalue weighted by Gasteiger charge is 2.28. The zero-order chi connectivity index (χ0) is 27.0. The Hall–Kier alpha value is -2.00. The molecule has 0 spiro atoms. The van der Waals surface area contributed by atoms with E-state index in [1.807, 2.05) is 0 Å². The summed E-state index contributed by atoms with van der Waals surface area (Å²) < 4.78 is 6.33. The molecule has 2 rings (SSSR count). The Labute approximate surface area is 215 Å². The number of nitrogens with two attached hydrogens (primary N) is 1. The highest BCUT2D eigenvalue weighted by atomic mass is 16.5. The molecule has 0 saturated heterocycles. The van der Waals surface area contributed by atoms with E-state index in [4.69, 9.17) is 10.5 Å². The van der Waals surface area contributed by atoms with Crippen LogP contribution in [0.15, 0.2) is 24.3 Å². The molecular formula is C32H51NO2. The second-order valence-electron chi connectivity index (χ2n) is 14.5. The van der Waals surface area contributed by atoms with Crippen molar-refractivity contribution in [3.05, 3.63) is 57.6 Å². The summed E-state index contributed by atoms with van der Waals surface area (Å²) in [6.45, 7) is 27.7. The Bertz CT molecular complexity index is 1020. The second kappa shape index (κ2) is 10.2. The van der Waals surface area contributed by atoms with Crippen LogP contribution in [-0.2, 0) is 29.1 Å². The van der Waals surface area contributed by atoms with E-state index in [2.05, 4.69) is 107 Å². The van der Waals surface area contributed by atoms with E-state index in [0.717, 1.165) is 28.9 Å². The maximum atomic E-state index is 11.5. The molecule has 0 saturated carbocycles. The standard InChI is InChI=1S/C32H51NO2/c1-29(2,3)20-23-18-24(30(4,5)6)16-21(27(23)34)15-22-17-25(31(7,8)9)19-26(32(10,11)12)28(22)35-14-13-33/h16-19,34H,13-15,20,33H2,1-12H3. The van der Waals surface area contributed by atoms with E-state index in [9.17, 15) is 5.11 Å². The van der Waals surface area contributed by atoms with Gasteiger partial charge in [-0.3, -0.25) is 0 Å². The van der Waals surface area contributed by atoms with Crippen LogP contribution in [0, 0.1) is 5.41 Å². The van der Waals surface area contributed by atoms with Gasteiger partial charge in [0.15, 0.2) is 0 Å². The first-order valence-corrected chi connectivity index (χ1v) is 13.1. The zero-order valence-electron chi connectivity index (χ0n) is 24.6. The number of phenolic OH excluding ortho intramolecular Hbond substituents is 1. The molecule has 2 aromatic rings. The fourth-order valence-electron chi connectivity index (χ4n) is 4.38. The summed E-state index contributed by atoms with van der Waals surface area (Å²) in [5.74, 6) is 1.32. The van der Waals surface area contributed by atoms with Crippen molar-refractivity contribution < 1.29 is 9.84 Å². The quantitative estimate of drug-likeness (QED) is 0.442. The van der Waals surface area contributed by atoms with Gasteiger partial charge in [-0.1, -0.05) is 107 Å². The first-order valence-electron chi connectivity index (χ1n) is 13.1. The molecule has 0 radical (unpaired) electrons. The summed E-state index contributed by atoms with van der Waals surface area (Å²) in [5, 5.41) is 11.5. The average Bonchev–Trinajstić information content (AvgIpc) is 2.66. The fourth-order valence-corrected chi connectivity index (χ4v) is 4.38. The van der Waals surface area contributed by atoms with Gasteiger partial charge in [0.2, 0.25) is 0 Å². The van der Waals surface area contributed by atoms with Crippen molar-refractivity contribution in [2.75, 3.05) is 13.2 Å². The Morgan fingerprint density at radius 3 is 1.63 bits per heavy atom. The van der Waals surface area contributed by atoms with Gasteiger partial charge in [-0.05, 0) is 55.9 Å². The van der Waals surface area contributed by atoms with Crippen molar-refractivity contribution in [3.63, 3.8) is 0 Å². The van der Waals surface area contributed by atoms with Crippen LogP contribution in [0.5, 0.6) is 11.5 Å². The van der Waals surface area contributed by atoms with E-state index >= 15 is 0 Å². The van der Waals surface area contributed by atoms with Gasteiger partial charge in [0, 0.05) is 18.5 Å². The molecule has 0 aliphatic heterocycles. The van der Waals surface area contributed by atoms with Crippen molar-refractivity contribution in [2.24, 2.45) is 11.1 Å². The van der Waals surface area contributed by atoms with Crippen LogP contribution in [0.4, 0.5) is 0 Å². The molecular weight excluding hydrogens is 430 g/mol. The minimum Gasteiger partial charge on any atom is -0.507 e. The Kier molecular flexibility index (Phi) is 8.49. The lowest BCUT2D eigenvalue weighted by Crippen LogP contribution is -2.21. The molecule has 35 heavy (non-hydrogen) atoms. The van der Waals surface area contributed by atoms with Crippen LogP contribution in [0.2, 0.25) is 0 Å². The molecule has 0 amide bonds. The first kappa shape index (κ1) is 29.2. The molecule has 3 nitrogen and oxygen atoms in total. The highest BCUT2D eigenvalue weighted by molar-refractivity contribution is 5.54. The number of phenols is 1. The molecule has 0 aliphatic carbocycles. The number of hydrogen-bond acceptors (Lipinski definition) is 3. The number of aromatic hydroxyl groups is 1. The van der Waals surface area contributed by atoms with Gasteiger partial charge in [0.25, 0.3) is 0 Å². The number of hydrogen-bond donors (Lipinski definition) is 2. The SMILES string of the molecule is CC(C)(C)Cc1cc(C(C)(C)C)cc(Cc2cc(C(C)(C)C)cc(C(C)(C)C)c2OCCN)c1O. The van der Waals surface area contributed by atoms with Gasteiger partial charge in [0.1, 0.15) is 18.1 Å². The number of rotatable bonds is 6. The normalized spacial score (nSPS) is 13.3. The molecule has 196 valence electrons. The first-order chi connectivity index (χ1) is 15.7. The van der Waals surface area contributed by atoms with Gasteiger partial charge in [0.05, 0.1) is 0 Å². The molecule has 0 bridgehead atoms. The van der Waals surface area contributed by atoms with Crippen molar-refractivity contribution in [3.8, 4) is 11.5 Å². The lowest BCUT2D eigenvalue weighted by molar-refractivity contribution is 0.315. The minimum absolute atomic E-state index is 0.00611. The minimum atomic E-state index is -0.0906. The molecule has 0 fully saturated rings. The van der Waals surface area contributed by atoms with E-state index in [0.29, 0.717) is 25.3 Å². The van der Waals surface area contributed by atoms with Gasteiger partial charge in [-0.25, -0.2) is 0 Å². The fraction of sp³-hybridized carbons (Fsp3) is 0.625. The van der Waals surface area contributed by atoms with Crippen LogP contribution in [0.25, 0.3) is 0 Å². The van der Waals surface area contributed by atoms with Gasteiger partial charge in [-0.2, -0.15) is 0 Å². The number of benzene rings is 2. The molecule has 0 aromatic heterocycles. The van der Waals surface area contributed by atoms with E-state index in [1.54, 1.807) is 0 Å². The molecule has 3 heteroatoms. The molecule has 0 aliphatic rings. The third-order valence-electron chi connectivity index (χ3n) is 6.44. The lowest BCUT2D eigenvalue weighted by atomic mass is 9.77. The van der Waals surface area contributed by atoms with Crippen LogP contribution in [0.3, 0.4) is 0 Å². The van der Waals surface area contributed by atoms with E-state index in [-0.39, 0.29) is 21.7 Å². The van der Waals surface area contributed by atoms with Crippen molar-refractivity contribution >= 4 is 0 Å². The van der Waals surface area contributed by atoms with Gasteiger partial charge < -0.3 is 15.6 Å². The summed E-state index contributed by atoms with van der Waals surface area (Å²) >= 11 is 0. The third-order valence-corrected chi connectivity index (χ3v) is 6.44. The maximum absolute atomic E-state index is 11.5. The predicted octanol–water partition coefficient (Wildman–Crippen LogP) is 7.80. The topological polar surface area (TPSA) is 55.5 Å². The van der Waals surface area contributed by atoms with E-state index in [1.165, 1.54) is 16.7 Å². The second-order valence-corrected chi connectivity index (χ2v) is 14.5. The summed E-state index contributed by atoms with van der Waals surface area (Å²) in [7, 11) is 0. The van der Waals surface area contributed by atoms with Crippen molar-refractivity contribution in [1.29, 1.82) is 0 Å². The maximum Gasteiger partial charge on any atom is 0.126 e. The number of ether oxygens (including phenoxy) is 1. The molecule has 2 aromatic carbocycles. The Balaban J connectivity index is 2.82. The monoisotopic (exact) mass is 481 g/mol. The molecule has 0 atom stereocenters. The van der Waals surface area contributed by atoms with Gasteiger partial charge in [-0.15, -0.1) is 0 Å². The molecule has 0 unspecified atom stereocenters. The summed E-state index contributed by atoms with van der Waals surface area (Å²) in [6.07, 6.45) is 1.43. The third kappa shape index (κ3) is 7.74. The summed E-state index contributed by atoms with van der Waals surface area (Å²) in [4.78, 5) is 0. The Morgan fingerprint density at radius 2 is 1.17 bits per heavy atom. The summed E-state index contributed by atoms with van der Waals surface area (Å²) in [5.41, 5.74) is 12.6. The molecule has 3 N–H and O–H groups in total. The van der Waals surface area contributed by atoms with Crippen LogP contribution >= 0.6 is 0 Å². The molecule has 0 heterocycles. The van der Waals surface area contributed by atoms with Crippen LogP contribution in [-0.4, -0.2) is 18.3 Å². The van der Waals surface area contributed by atoms with Crippen molar-refractivity contribution in [2.45, 2.75) is 112 Å². The lowest BCUT2D eigenvalue weighted by Gasteiger charge is -2.30. The predicted molar refractivity (Wildman–Crippen MR) is 151 cm³/mol. The van der Waals surface area contributed by atoms with Crippen molar-refractivity contribution in [1.82, 2.24) is 0 Å². The van der Waals surface area contributed by atoms with E-state index < -0.39 is 0 Å². The Morgan fingerprint density at radius 1 is 0.686 bits per heavy atom. The van der Waals surface area contributed by atoms with Crippen LogP contribution in [0.1, 0.15) is 116 Å².